The molecule has 5 nitrogen and oxygen atoms in total. The van der Waals surface area contributed by atoms with Gasteiger partial charge in [0.05, 0.1) is 10.4 Å². The van der Waals surface area contributed by atoms with E-state index in [1.807, 2.05) is 17.5 Å². The molecule has 0 bridgehead atoms. The Morgan fingerprint density at radius 2 is 2.05 bits per heavy atom. The molecule has 0 aliphatic carbocycles. The van der Waals surface area contributed by atoms with E-state index >= 15 is 0 Å². The lowest BCUT2D eigenvalue weighted by atomic mass is 10.2. The van der Waals surface area contributed by atoms with Crippen molar-refractivity contribution in [1.82, 2.24) is 10.3 Å². The monoisotopic (exact) mass is 289 g/mol. The van der Waals surface area contributed by atoms with Crippen molar-refractivity contribution in [2.75, 3.05) is 5.32 Å². The van der Waals surface area contributed by atoms with Crippen LogP contribution in [0.5, 0.6) is 0 Å². The third-order valence-corrected chi connectivity index (χ3v) is 3.47. The zero-order valence-electron chi connectivity index (χ0n) is 10.0. The first kappa shape index (κ1) is 12.5. The van der Waals surface area contributed by atoms with Crippen LogP contribution in [0.4, 0.5) is 10.2 Å². The third kappa shape index (κ3) is 2.30. The van der Waals surface area contributed by atoms with Gasteiger partial charge in [-0.25, -0.2) is 9.02 Å². The number of benzene rings is 1. The summed E-state index contributed by atoms with van der Waals surface area (Å²) in [5.74, 6) is -1.03. The molecule has 0 atom stereocenters. The van der Waals surface area contributed by atoms with Crippen molar-refractivity contribution in [3.63, 3.8) is 0 Å². The highest BCUT2D eigenvalue weighted by Crippen LogP contribution is 2.28. The van der Waals surface area contributed by atoms with E-state index in [9.17, 15) is 9.18 Å². The number of carbonyl (C=O) groups is 1. The molecule has 0 aliphatic rings. The van der Waals surface area contributed by atoms with Crippen LogP contribution in [-0.2, 0) is 0 Å². The number of anilines is 1. The van der Waals surface area contributed by atoms with Crippen LogP contribution in [0.1, 0.15) is 10.4 Å². The van der Waals surface area contributed by atoms with Crippen LogP contribution in [0.15, 0.2) is 46.4 Å². The summed E-state index contributed by atoms with van der Waals surface area (Å²) in [4.78, 5) is 12.8. The molecule has 0 fully saturated rings. The first-order chi connectivity index (χ1) is 9.75. The topological polar surface area (TPSA) is 68.0 Å². The maximum absolute atomic E-state index is 13.5. The minimum Gasteiger partial charge on any atom is -0.302 e. The molecule has 20 heavy (non-hydrogen) atoms. The van der Waals surface area contributed by atoms with Gasteiger partial charge in [0.1, 0.15) is 5.82 Å². The predicted octanol–water partition coefficient (Wildman–Crippen LogP) is 3.19. The maximum atomic E-state index is 13.5. The van der Waals surface area contributed by atoms with Gasteiger partial charge >= 0.3 is 0 Å². The Kier molecular flexibility index (Phi) is 3.26. The first-order valence-corrected chi connectivity index (χ1v) is 6.56. The van der Waals surface area contributed by atoms with Crippen molar-refractivity contribution in [3.05, 3.63) is 53.2 Å². The molecule has 0 saturated carbocycles. The number of hydrogen-bond donors (Lipinski definition) is 1. The lowest BCUT2D eigenvalue weighted by molar-refractivity contribution is 0.102. The number of halogens is 1. The molecule has 2 aromatic heterocycles. The molecule has 0 radical (unpaired) electrons. The summed E-state index contributed by atoms with van der Waals surface area (Å²) in [6.45, 7) is 0. The van der Waals surface area contributed by atoms with Crippen molar-refractivity contribution in [3.8, 4) is 10.6 Å². The lowest BCUT2D eigenvalue weighted by Gasteiger charge is -2.03. The van der Waals surface area contributed by atoms with E-state index in [1.54, 1.807) is 6.07 Å². The Balaban J connectivity index is 1.88. The number of amides is 1. The Hall–Kier alpha value is -2.54. The number of nitrogens with zero attached hydrogens (tertiary/aromatic N) is 2. The van der Waals surface area contributed by atoms with Gasteiger partial charge in [0.25, 0.3) is 5.91 Å². The molecule has 7 heteroatoms. The van der Waals surface area contributed by atoms with Crippen LogP contribution < -0.4 is 5.32 Å². The molecule has 0 unspecified atom stereocenters. The molecule has 2 heterocycles. The van der Waals surface area contributed by atoms with E-state index in [0.717, 1.165) is 4.88 Å². The predicted molar refractivity (Wildman–Crippen MR) is 72.0 cm³/mol. The van der Waals surface area contributed by atoms with Crippen molar-refractivity contribution < 1.29 is 13.8 Å². The van der Waals surface area contributed by atoms with Crippen molar-refractivity contribution in [2.24, 2.45) is 0 Å². The van der Waals surface area contributed by atoms with E-state index < -0.39 is 11.7 Å². The summed E-state index contributed by atoms with van der Waals surface area (Å²) in [6.07, 6.45) is 0. The van der Waals surface area contributed by atoms with Gasteiger partial charge < -0.3 is 5.32 Å². The summed E-state index contributed by atoms with van der Waals surface area (Å²) >= 11 is 1.43. The number of nitrogens with one attached hydrogen (secondary N) is 1. The molecule has 0 saturated heterocycles. The van der Waals surface area contributed by atoms with Crippen LogP contribution in [0.3, 0.4) is 0 Å². The van der Waals surface area contributed by atoms with Gasteiger partial charge in [-0.05, 0) is 33.9 Å². The average molecular weight is 289 g/mol. The number of hydrogen-bond acceptors (Lipinski definition) is 5. The molecular formula is C13H8FN3O2S. The Labute approximate surface area is 117 Å². The van der Waals surface area contributed by atoms with Crippen LogP contribution in [0.2, 0.25) is 0 Å². The Morgan fingerprint density at radius 1 is 1.20 bits per heavy atom. The van der Waals surface area contributed by atoms with Crippen molar-refractivity contribution in [1.29, 1.82) is 0 Å². The maximum Gasteiger partial charge on any atom is 0.259 e. The fourth-order valence-electron chi connectivity index (χ4n) is 1.67. The molecule has 3 rings (SSSR count). The first-order valence-electron chi connectivity index (χ1n) is 5.68. The molecular weight excluding hydrogens is 281 g/mol. The van der Waals surface area contributed by atoms with Gasteiger partial charge in [-0.3, -0.25) is 4.79 Å². The fraction of sp³-hybridized carbons (Fsp3) is 0. The van der Waals surface area contributed by atoms with Crippen molar-refractivity contribution in [2.45, 2.75) is 0 Å². The molecule has 1 N–H and O–H groups in total. The third-order valence-electron chi connectivity index (χ3n) is 2.59. The summed E-state index contributed by atoms with van der Waals surface area (Å²) in [5, 5.41) is 11.7. The molecule has 1 aromatic carbocycles. The normalized spacial score (nSPS) is 10.4. The van der Waals surface area contributed by atoms with E-state index in [0.29, 0.717) is 5.69 Å². The fourth-order valence-corrected chi connectivity index (χ4v) is 2.37. The highest BCUT2D eigenvalue weighted by Gasteiger charge is 2.18. The van der Waals surface area contributed by atoms with Crippen molar-refractivity contribution >= 4 is 23.1 Å². The Bertz CT molecular complexity index is 740. The number of rotatable bonds is 3. The highest BCUT2D eigenvalue weighted by atomic mass is 32.1. The van der Waals surface area contributed by atoms with Crippen LogP contribution in [-0.4, -0.2) is 16.2 Å². The van der Waals surface area contributed by atoms with E-state index in [1.165, 1.54) is 29.5 Å². The zero-order chi connectivity index (χ0) is 13.9. The van der Waals surface area contributed by atoms with Gasteiger partial charge in [-0.1, -0.05) is 18.2 Å². The second-order valence-corrected chi connectivity index (χ2v) is 4.82. The van der Waals surface area contributed by atoms with Crippen LogP contribution in [0, 0.1) is 5.82 Å². The summed E-state index contributed by atoms with van der Waals surface area (Å²) in [6, 6.07) is 9.37. The van der Waals surface area contributed by atoms with Gasteiger partial charge in [0.2, 0.25) is 5.82 Å². The van der Waals surface area contributed by atoms with Gasteiger partial charge in [0.15, 0.2) is 5.69 Å². The van der Waals surface area contributed by atoms with Gasteiger partial charge in [-0.15, -0.1) is 11.3 Å². The quantitative estimate of drug-likeness (QED) is 0.804. The molecule has 1 amide bonds. The minimum absolute atomic E-state index is 0.0624. The van der Waals surface area contributed by atoms with Gasteiger partial charge in [-0.2, -0.15) is 0 Å². The van der Waals surface area contributed by atoms with E-state index in [4.69, 9.17) is 0 Å². The largest absolute Gasteiger partial charge is 0.302 e. The highest BCUT2D eigenvalue weighted by molar-refractivity contribution is 7.13. The molecule has 0 aliphatic heterocycles. The second kappa shape index (κ2) is 5.22. The number of thiophene rings is 1. The average Bonchev–Trinajstić information content (AvgIpc) is 3.09. The van der Waals surface area contributed by atoms with E-state index in [-0.39, 0.29) is 11.4 Å². The summed E-state index contributed by atoms with van der Waals surface area (Å²) in [7, 11) is 0. The minimum atomic E-state index is -0.600. The lowest BCUT2D eigenvalue weighted by Crippen LogP contribution is -2.14. The smallest absolute Gasteiger partial charge is 0.259 e. The van der Waals surface area contributed by atoms with Crippen LogP contribution in [0.25, 0.3) is 10.6 Å². The molecule has 100 valence electrons. The van der Waals surface area contributed by atoms with Gasteiger partial charge in [0, 0.05) is 0 Å². The number of aromatic nitrogens is 2. The zero-order valence-corrected chi connectivity index (χ0v) is 10.9. The van der Waals surface area contributed by atoms with E-state index in [2.05, 4.69) is 20.3 Å². The molecule has 3 aromatic rings. The Morgan fingerprint density at radius 3 is 2.80 bits per heavy atom. The second-order valence-electron chi connectivity index (χ2n) is 3.87. The summed E-state index contributed by atoms with van der Waals surface area (Å²) in [5.41, 5.74) is 0.359. The molecule has 0 spiro atoms. The standard InChI is InChI=1S/C13H8FN3O2S/c14-9-5-2-1-4-8(9)13(18)15-12-11(16-19-17-12)10-6-3-7-20-10/h1-7H,(H,15,17,18). The summed E-state index contributed by atoms with van der Waals surface area (Å²) < 4.78 is 18.2. The van der Waals surface area contributed by atoms with Crippen LogP contribution >= 0.6 is 11.3 Å². The number of carbonyl (C=O) groups excluding carboxylic acids is 1. The SMILES string of the molecule is O=C(Nc1nonc1-c1cccs1)c1ccccc1F.